The Morgan fingerprint density at radius 2 is 1.52 bits per heavy atom. The SMILES string of the molecule is CC[C@H]1/C2=C/c3[n-]c4c(c3C)C(=O)[C@H](C(=O)OCO)/C4=C3/[N-]C(Cc4[n-]c(c(C(C)O)c4C)/C=C(\[N-]2)[C@@H]1C)[C@@H](C)[C@@H]3CCC(=O)OC/C=C(\C)CCC[C@H](C)CCC[C@H](C)CCCC(C)C.[Mg+2]. The zero-order valence-corrected chi connectivity index (χ0v) is 44.0. The van der Waals surface area contributed by atoms with Crippen LogP contribution < -0.4 is 9.97 Å². The van der Waals surface area contributed by atoms with Crippen LogP contribution in [0.15, 0.2) is 28.7 Å². The molecule has 0 spiro atoms. The first-order valence-corrected chi connectivity index (χ1v) is 25.2. The summed E-state index contributed by atoms with van der Waals surface area (Å²) < 4.78 is 10.9. The predicted molar refractivity (Wildman–Crippen MR) is 268 cm³/mol. The van der Waals surface area contributed by atoms with E-state index in [2.05, 4.69) is 55.4 Å². The Kier molecular flexibility index (Phi) is 19.7. The van der Waals surface area contributed by atoms with E-state index in [4.69, 9.17) is 30.1 Å². The van der Waals surface area contributed by atoms with Crippen molar-refractivity contribution in [3.05, 3.63) is 84.4 Å². The Morgan fingerprint density at radius 1 is 0.866 bits per heavy atom. The Bertz CT molecular complexity index is 2190. The fourth-order valence-electron chi connectivity index (χ4n) is 11.1. The molecule has 2 unspecified atom stereocenters. The molecular weight excluding hydrogens is 853 g/mol. The molecule has 12 heteroatoms. The molecule has 1 aliphatic carbocycles. The van der Waals surface area contributed by atoms with E-state index in [9.17, 15) is 24.6 Å². The first-order chi connectivity index (χ1) is 31.4. The smallest absolute Gasteiger partial charge is 0.684 e. The molecule has 2 aromatic rings. The minimum atomic E-state index is -1.36. The van der Waals surface area contributed by atoms with Crippen LogP contribution in [0.4, 0.5) is 0 Å². The van der Waals surface area contributed by atoms with Crippen molar-refractivity contribution < 1.29 is 34.1 Å². The molecular formula is C55H78MgN4O7-2. The van der Waals surface area contributed by atoms with Crippen molar-refractivity contribution in [2.75, 3.05) is 13.4 Å². The van der Waals surface area contributed by atoms with Gasteiger partial charge in [0, 0.05) is 12.0 Å². The summed E-state index contributed by atoms with van der Waals surface area (Å²) in [4.78, 5) is 51.8. The van der Waals surface area contributed by atoms with E-state index >= 15 is 0 Å². The second-order valence-corrected chi connectivity index (χ2v) is 20.7. The molecule has 2 N–H and O–H groups in total. The van der Waals surface area contributed by atoms with Gasteiger partial charge in [-0.2, -0.15) is 22.8 Å². The molecule has 9 atom stereocenters. The summed E-state index contributed by atoms with van der Waals surface area (Å²) in [6.45, 7) is 22.8. The van der Waals surface area contributed by atoms with Gasteiger partial charge in [0.05, 0.1) is 6.10 Å². The number of carbonyl (C=O) groups is 3. The third kappa shape index (κ3) is 12.6. The number of fused-ring (bicyclic) bond motifs is 7. The topological polar surface area (TPSA) is 167 Å². The molecule has 0 saturated carbocycles. The first kappa shape index (κ1) is 54.4. The van der Waals surface area contributed by atoms with Crippen molar-refractivity contribution in [1.82, 2.24) is 9.97 Å². The number of hydrogen-bond donors (Lipinski definition) is 2. The molecule has 8 bridgehead atoms. The molecule has 5 heterocycles. The number of esters is 2. The second-order valence-electron chi connectivity index (χ2n) is 20.7. The van der Waals surface area contributed by atoms with Crippen LogP contribution in [0.25, 0.3) is 28.4 Å². The van der Waals surface area contributed by atoms with E-state index in [0.29, 0.717) is 58.2 Å². The number of aliphatic hydroxyl groups is 2. The first-order valence-electron chi connectivity index (χ1n) is 25.2. The second kappa shape index (κ2) is 24.3. The number of nitrogens with zero attached hydrogens (tertiary/aromatic N) is 4. The van der Waals surface area contributed by atoms with Crippen LogP contribution in [0.1, 0.15) is 195 Å². The largest absolute Gasteiger partial charge is 2.00 e. The quantitative estimate of drug-likeness (QED) is 0.0407. The molecule has 364 valence electrons. The molecule has 0 radical (unpaired) electrons. The number of Topliss-reactive ketones (excluding diaryl/α,β-unsaturated/α-hetero) is 1. The van der Waals surface area contributed by atoms with Gasteiger partial charge in [-0.25, -0.2) is 0 Å². The van der Waals surface area contributed by atoms with Gasteiger partial charge >= 0.3 is 35.0 Å². The van der Waals surface area contributed by atoms with E-state index in [-0.39, 0.29) is 71.8 Å². The fourth-order valence-corrected chi connectivity index (χ4v) is 11.1. The van der Waals surface area contributed by atoms with E-state index in [0.717, 1.165) is 59.3 Å². The monoisotopic (exact) mass is 931 g/mol. The van der Waals surface area contributed by atoms with Crippen LogP contribution in [0.3, 0.4) is 0 Å². The molecule has 2 fully saturated rings. The van der Waals surface area contributed by atoms with Gasteiger partial charge in [-0.1, -0.05) is 147 Å². The van der Waals surface area contributed by atoms with Gasteiger partial charge in [0.1, 0.15) is 12.5 Å². The third-order valence-corrected chi connectivity index (χ3v) is 15.3. The maximum absolute atomic E-state index is 14.4. The number of ketones is 1. The van der Waals surface area contributed by atoms with Crippen molar-refractivity contribution in [2.45, 2.75) is 172 Å². The van der Waals surface area contributed by atoms with Gasteiger partial charge < -0.3 is 40.3 Å². The van der Waals surface area contributed by atoms with Crippen molar-refractivity contribution in [2.24, 2.45) is 47.3 Å². The summed E-state index contributed by atoms with van der Waals surface area (Å²) in [5.41, 5.74) is 8.99. The molecule has 67 heavy (non-hydrogen) atoms. The van der Waals surface area contributed by atoms with E-state index in [1.807, 2.05) is 32.1 Å². The molecule has 2 aromatic heterocycles. The number of carbonyl (C=O) groups excluding carboxylic acids is 3. The van der Waals surface area contributed by atoms with Crippen LogP contribution in [0, 0.1) is 61.2 Å². The number of aromatic nitrogens is 2. The summed E-state index contributed by atoms with van der Waals surface area (Å²) in [6.07, 6.45) is 18.1. The number of allylic oxidation sites excluding steroid dienone is 4. The number of ether oxygens (including phenoxy) is 2. The number of hydrogen-bond acceptors (Lipinski definition) is 7. The third-order valence-electron chi connectivity index (χ3n) is 15.3. The average molecular weight is 932 g/mol. The van der Waals surface area contributed by atoms with Crippen LogP contribution >= 0.6 is 0 Å². The summed E-state index contributed by atoms with van der Waals surface area (Å²) in [5, 5.41) is 31.2. The molecule has 0 amide bonds. The molecule has 3 aliphatic heterocycles. The average Bonchev–Trinajstić information content (AvgIpc) is 4.00. The molecule has 11 nitrogen and oxygen atoms in total. The molecule has 4 aliphatic rings. The fraction of sp³-hybridized carbons (Fsp3) is 0.655. The van der Waals surface area contributed by atoms with Crippen LogP contribution in [-0.2, 0) is 25.5 Å². The van der Waals surface area contributed by atoms with Gasteiger partial charge in [-0.05, 0) is 94.1 Å². The Labute approximate surface area is 417 Å². The summed E-state index contributed by atoms with van der Waals surface area (Å²) in [7, 11) is 0. The standard InChI is InChI=1S/C55H79N4O7.Mg/c1-12-39-34(7)41-28-46-48(38(11)61)36(9)43(57-46)26-42-35(8)40(22-23-47(62)65-25-24-33(6)21-15-20-32(5)19-14-18-31(4)17-13-16-30(2)3)52(58-42)50-51(55(64)66-29-60)54(63)49-37(10)44(59-53(49)50)27-45(39)56-41;/h24,27-28,30-32,34-35,38-40,42,51,60-61H,12-23,25-26,29H2,1-11H3,(H-,58,59,63);/q-3;+2/p-1/b33-24+,41-28-,45-27-;/t31-,32-,34-,35+,38?,39-,40+,42?,51-;/m1./s1. The minimum absolute atomic E-state index is 0. The van der Waals surface area contributed by atoms with Crippen LogP contribution in [0.2, 0.25) is 0 Å². The van der Waals surface area contributed by atoms with Gasteiger partial charge in [-0.3, -0.25) is 14.4 Å². The molecule has 0 aromatic carbocycles. The molecule has 6 rings (SSSR count). The van der Waals surface area contributed by atoms with Crippen LogP contribution in [-0.4, -0.2) is 70.4 Å². The number of aliphatic hydroxyl groups excluding tert-OH is 2. The van der Waals surface area contributed by atoms with Crippen molar-refractivity contribution in [1.29, 1.82) is 0 Å². The van der Waals surface area contributed by atoms with Crippen LogP contribution in [0.5, 0.6) is 0 Å². The van der Waals surface area contributed by atoms with Gasteiger partial charge in [-0.15, -0.1) is 23.1 Å². The summed E-state index contributed by atoms with van der Waals surface area (Å²) in [6, 6.07) is -0.330. The molecule has 2 saturated heterocycles. The van der Waals surface area contributed by atoms with Crippen molar-refractivity contribution in [3.8, 4) is 0 Å². The maximum atomic E-state index is 14.4. The van der Waals surface area contributed by atoms with Crippen molar-refractivity contribution in [3.63, 3.8) is 0 Å². The zero-order chi connectivity index (χ0) is 48.0. The normalized spacial score (nSPS) is 26.2. The Hall–Kier alpha value is -3.58. The predicted octanol–water partition coefficient (Wildman–Crippen LogP) is 11.6. The Balaban J connectivity index is 0.00000840. The van der Waals surface area contributed by atoms with Crippen molar-refractivity contribution >= 4 is 58.5 Å². The Morgan fingerprint density at radius 3 is 2.16 bits per heavy atom. The number of rotatable bonds is 21. The summed E-state index contributed by atoms with van der Waals surface area (Å²) in [5.74, 6) is -1.00. The van der Waals surface area contributed by atoms with E-state index in [1.165, 1.54) is 50.5 Å². The van der Waals surface area contributed by atoms with Gasteiger partial charge in [0.2, 0.25) is 0 Å². The summed E-state index contributed by atoms with van der Waals surface area (Å²) >= 11 is 0. The van der Waals surface area contributed by atoms with Gasteiger partial charge in [0.15, 0.2) is 12.6 Å². The zero-order valence-electron chi connectivity index (χ0n) is 42.5. The maximum Gasteiger partial charge on any atom is 2.00 e. The van der Waals surface area contributed by atoms with E-state index in [1.54, 1.807) is 6.92 Å². The minimum Gasteiger partial charge on any atom is -0.684 e. The van der Waals surface area contributed by atoms with E-state index < -0.39 is 30.6 Å². The van der Waals surface area contributed by atoms with Gasteiger partial charge in [0.25, 0.3) is 0 Å².